The largest absolute Gasteiger partial charge is 1.00 e. The van der Waals surface area contributed by atoms with Crippen molar-refractivity contribution in [3.05, 3.63) is 298 Å². The van der Waals surface area contributed by atoms with Crippen LogP contribution in [0.25, 0.3) is 0 Å². The Bertz CT molecular complexity index is 5450. The zero-order valence-electron chi connectivity index (χ0n) is 86.2. The summed E-state index contributed by atoms with van der Waals surface area (Å²) in [5, 5.41) is 31.9. The Labute approximate surface area is 913 Å². The molecule has 1 atom stereocenters. The maximum absolute atomic E-state index is 12.8. The third-order valence-corrected chi connectivity index (χ3v) is 24.9. The van der Waals surface area contributed by atoms with E-state index in [9.17, 15) is 48.3 Å². The van der Waals surface area contributed by atoms with Crippen LogP contribution in [0.2, 0.25) is 0 Å². The molecule has 4 aromatic heterocycles. The standard InChI is InChI=1S/C36H51N5O3S.C28H33N3O3.C25H36N4O3.C23H30N4O4.3HI/c1-8-9-17-41-18-14-27(15-19-41)10-11-28-21-30(12-13-33(28)38-39-36(44)35(43)37-16-20-42)40-45-34-31(25(4)5)22-29(24(2)3)23-32(34)26(6)7;1-2-3-18-31-19-15-22(16-20-31)13-14-24-11-7-8-12-26(24)29-30-28(34)27(33)25(17-21-32)23-9-5-4-6-10-23;1-2-3-4-5-8-17-29-18-14-21(15-19-29)12-13-22-10-6-7-11-23(22)27-28-25(32)24(31)26-16-9-20-30;1-3-4-13-27-14-11-19(12-15-27)9-10-20-7-5-6-8-21(20)24-25-22(29)23(30)26(2)16-17-31-18-28;;;/h12-15,18-19,21-26,42H,8-11,16-17,20H2,1-7H3,(H3-,37,38,39,40,43,44);4-12,15-16,19-20,25,32H,2-3,13-14,17-18,21H2,1H3,(H-,29,30,33,34);6-7,10-11,14-15,18-19,30H,2-5,8-9,12-13,16-17,20H2,1H3,(H2-,26,27,28,31,32);5-8,11-12,14-15,18H,3-4,9-10,13,16-17H2,1-2H3,(H-,24,25,29,30);3*1H/p+1. The van der Waals surface area contributed by atoms with E-state index < -0.39 is 53.1 Å². The normalized spacial score (nSPS) is 10.7. The minimum absolute atomic E-state index is 0. The number of hydrogen-bond donors (Lipinski definition) is 14. The number of ketones is 1. The van der Waals surface area contributed by atoms with E-state index in [0.717, 1.165) is 147 Å². The maximum atomic E-state index is 12.8. The summed E-state index contributed by atoms with van der Waals surface area (Å²) in [6, 6.07) is 60.1. The van der Waals surface area contributed by atoms with Gasteiger partial charge in [0.1, 0.15) is 32.8 Å². The first-order valence-electron chi connectivity index (χ1n) is 50.3. The number of hydrazine groups is 4. The van der Waals surface area contributed by atoms with Gasteiger partial charge >= 0.3 is 41.4 Å². The number of nitrogens with one attached hydrogen (secondary N) is 11. The Kier molecular flexibility index (Phi) is 63.4. The fourth-order valence-corrected chi connectivity index (χ4v) is 16.4. The van der Waals surface area contributed by atoms with E-state index in [1.165, 1.54) is 114 Å². The molecule has 0 saturated heterocycles. The van der Waals surface area contributed by atoms with Crippen molar-refractivity contribution in [3.63, 3.8) is 0 Å². The second kappa shape index (κ2) is 72.9. The molecule has 786 valence electrons. The van der Waals surface area contributed by atoms with Crippen molar-refractivity contribution >= 4 is 94.0 Å². The predicted octanol–water partition coefficient (Wildman–Crippen LogP) is 5.66. The number of likely N-dealkylation sites (N-methyl/N-ethyl adjacent to an activating group) is 1. The minimum Gasteiger partial charge on any atom is -1.00 e. The second-order valence-corrected chi connectivity index (χ2v) is 36.8. The lowest BCUT2D eigenvalue weighted by molar-refractivity contribution is -0.697. The topological polar surface area (TPSA) is 375 Å². The van der Waals surface area contributed by atoms with Crippen LogP contribution >= 0.6 is 11.9 Å². The van der Waals surface area contributed by atoms with E-state index in [-0.39, 0.29) is 124 Å². The summed E-state index contributed by atoms with van der Waals surface area (Å²) in [5.74, 6) is -5.38. The third kappa shape index (κ3) is 47.0. The van der Waals surface area contributed by atoms with Gasteiger partial charge in [0.2, 0.25) is 5.78 Å². The van der Waals surface area contributed by atoms with Gasteiger partial charge in [-0.15, -0.1) is 0 Å². The van der Waals surface area contributed by atoms with Gasteiger partial charge in [0.15, 0.2) is 49.6 Å². The number of amides is 7. The number of Topliss-reactive ketones (excluding diaryl/α,β-unsaturated/α-hetero) is 1. The molecule has 10 rings (SSSR count). The van der Waals surface area contributed by atoms with Crippen LogP contribution < -0.4 is 149 Å². The summed E-state index contributed by atoms with van der Waals surface area (Å²) in [4.78, 5) is 110. The van der Waals surface area contributed by atoms with Gasteiger partial charge in [-0.05, 0) is 203 Å². The van der Waals surface area contributed by atoms with E-state index in [0.29, 0.717) is 30.6 Å². The number of aryl methyl sites for hydroxylation is 12. The lowest BCUT2D eigenvalue weighted by Gasteiger charge is -2.23. The summed E-state index contributed by atoms with van der Waals surface area (Å²) in [7, 11) is 1.47. The molecular formula is C112H154I3N16O13S+. The molecule has 0 spiro atoms. The fourth-order valence-electron chi connectivity index (χ4n) is 15.2. The number of hydrogen-bond acceptors (Lipinski definition) is 19. The number of pyridine rings is 4. The van der Waals surface area contributed by atoms with Crippen LogP contribution in [0, 0.1) is 0 Å². The number of aliphatic hydroxyl groups is 3. The van der Waals surface area contributed by atoms with Crippen molar-refractivity contribution in [1.82, 2.24) is 37.2 Å². The number of carbonyl (C=O) groups excluding carboxylic acids is 9. The Morgan fingerprint density at radius 3 is 1.15 bits per heavy atom. The van der Waals surface area contributed by atoms with Crippen molar-refractivity contribution in [3.8, 4) is 0 Å². The van der Waals surface area contributed by atoms with Gasteiger partial charge in [0.25, 0.3) is 6.47 Å². The highest BCUT2D eigenvalue weighted by molar-refractivity contribution is 8.00. The molecule has 0 radical (unpaired) electrons. The summed E-state index contributed by atoms with van der Waals surface area (Å²) in [6.07, 6.45) is 37.6. The maximum Gasteiger partial charge on any atom is 0.327 e. The number of rotatable bonds is 55. The predicted molar refractivity (Wildman–Crippen MR) is 561 cm³/mol. The molecule has 4 heterocycles. The van der Waals surface area contributed by atoms with Crippen LogP contribution in [0.3, 0.4) is 0 Å². The molecule has 7 amide bonds. The summed E-state index contributed by atoms with van der Waals surface area (Å²) < 4.78 is 17.0. The highest BCUT2D eigenvalue weighted by atomic mass is 127. The molecule has 0 saturated carbocycles. The molecule has 0 aliphatic carbocycles. The lowest BCUT2D eigenvalue weighted by Crippen LogP contribution is -3.00. The highest BCUT2D eigenvalue weighted by Crippen LogP contribution is 2.39. The summed E-state index contributed by atoms with van der Waals surface area (Å²) >= 11 is 1.65. The Hall–Kier alpha value is -11.2. The molecule has 33 heteroatoms. The number of nitrogens with zero attached hydrogens (tertiary/aromatic N) is 5. The Morgan fingerprint density at radius 1 is 0.379 bits per heavy atom. The fraction of sp³-hybridized carbons (Fsp3) is 0.420. The average Bonchev–Trinajstić information content (AvgIpc) is 0.793. The van der Waals surface area contributed by atoms with Crippen LogP contribution in [0.4, 0.5) is 28.4 Å². The lowest BCUT2D eigenvalue weighted by atomic mass is 9.89. The second-order valence-electron chi connectivity index (χ2n) is 36.0. The van der Waals surface area contributed by atoms with Gasteiger partial charge in [-0.1, -0.05) is 205 Å². The van der Waals surface area contributed by atoms with Crippen molar-refractivity contribution < 1.29 is 153 Å². The number of unbranched alkanes of at least 4 members (excludes halogenated alkanes) is 7. The first kappa shape index (κ1) is 126. The Balaban J connectivity index is 0.000000405. The van der Waals surface area contributed by atoms with Crippen molar-refractivity contribution in [2.24, 2.45) is 0 Å². The molecule has 0 fully saturated rings. The molecule has 6 aromatic carbocycles. The molecule has 10 aromatic rings. The van der Waals surface area contributed by atoms with Crippen molar-refractivity contribution in [2.45, 2.75) is 259 Å². The summed E-state index contributed by atoms with van der Waals surface area (Å²) in [6.45, 7) is 26.7. The monoisotopic (exact) mass is 2340 g/mol. The minimum atomic E-state index is -0.820. The number of para-hydroxylation sites is 3. The number of ether oxygens (including phenoxy) is 1. The quantitative estimate of drug-likeness (QED) is 0.00416. The van der Waals surface area contributed by atoms with Gasteiger partial charge in [-0.3, -0.25) is 86.6 Å². The van der Waals surface area contributed by atoms with Crippen LogP contribution in [-0.2, 0) is 125 Å². The molecule has 145 heavy (non-hydrogen) atoms. The number of benzene rings is 6. The first-order valence-corrected chi connectivity index (χ1v) is 51.1. The first-order chi connectivity index (χ1) is 68.8. The third-order valence-electron chi connectivity index (χ3n) is 23.9. The van der Waals surface area contributed by atoms with Crippen LogP contribution in [0.15, 0.2) is 236 Å². The van der Waals surface area contributed by atoms with Crippen LogP contribution in [0.5, 0.6) is 0 Å². The van der Waals surface area contributed by atoms with E-state index >= 15 is 0 Å². The van der Waals surface area contributed by atoms with E-state index in [4.69, 9.17) is 10.2 Å². The SMILES string of the molecule is CCCCCCC[n+]1ccc(CCc2ccccc2NNC(=O)C(=O)NCCCO)cc1.CCCC[n+]1ccc(CCc2cc(NSc3c(C(C)C)cc(C(C)C)cc3C(C)C)ccc2NNC(=O)C(=O)NCCO)cc1.CCCC[n+]1ccc(CCc2ccccc2NNC(=O)C(=O)C(CCO)c2ccccc2)cc1.CCCC[n+]1ccc(CCc2ccccc2NNC(=O)C(=O)N(C)CCOC=O)cc1.[I-].[I-].[I-]. The van der Waals surface area contributed by atoms with Crippen LogP contribution in [0.1, 0.15) is 243 Å². The van der Waals surface area contributed by atoms with Crippen LogP contribution in [-0.4, -0.2) is 127 Å². The molecule has 1 unspecified atom stereocenters. The van der Waals surface area contributed by atoms with Crippen molar-refractivity contribution in [1.29, 1.82) is 0 Å². The number of aliphatic hydroxyl groups excluding tert-OH is 3. The average molecular weight is 2350 g/mol. The zero-order chi connectivity index (χ0) is 103. The van der Waals surface area contributed by atoms with E-state index in [1.807, 2.05) is 103 Å². The number of carbonyl (C=O) groups is 9. The summed E-state index contributed by atoms with van der Waals surface area (Å²) in [5.41, 5.74) is 39.3. The number of aromatic nitrogens is 4. The highest BCUT2D eigenvalue weighted by Gasteiger charge is 2.28. The van der Waals surface area contributed by atoms with Gasteiger partial charge in [0.05, 0.1) is 41.8 Å². The number of halogens is 3. The van der Waals surface area contributed by atoms with E-state index in [1.54, 1.807) is 24.1 Å². The van der Waals surface area contributed by atoms with Gasteiger partial charge in [0, 0.05) is 118 Å². The van der Waals surface area contributed by atoms with Gasteiger partial charge < -0.3 is 112 Å². The molecular weight excluding hydrogens is 2190 g/mol. The van der Waals surface area contributed by atoms with Gasteiger partial charge in [-0.25, -0.2) is 18.3 Å². The molecule has 29 nitrogen and oxygen atoms in total. The zero-order valence-corrected chi connectivity index (χ0v) is 93.4. The molecule has 0 aliphatic rings. The molecule has 0 aliphatic heterocycles. The van der Waals surface area contributed by atoms with Gasteiger partial charge in [-0.2, -0.15) is 0 Å². The van der Waals surface area contributed by atoms with Crippen molar-refractivity contribution in [2.75, 3.05) is 79.5 Å². The molecule has 0 bridgehead atoms. The smallest absolute Gasteiger partial charge is 0.327 e. The molecule has 14 N–H and O–H groups in total. The number of anilines is 5. The van der Waals surface area contributed by atoms with E-state index in [2.05, 4.69) is 267 Å². The Morgan fingerprint density at radius 2 is 0.759 bits per heavy atom.